The fraction of sp³-hybridized carbons (Fsp3) is 0.207. The molecule has 37 heavy (non-hydrogen) atoms. The molecule has 7 heterocycles. The molecule has 1 fully saturated rings. The normalized spacial score (nSPS) is 14.5. The third-order valence-electron chi connectivity index (χ3n) is 7.09. The fourth-order valence-electron chi connectivity index (χ4n) is 5.25. The maximum absolute atomic E-state index is 5.03. The van der Waals surface area contributed by atoms with Crippen molar-refractivity contribution in [3.8, 4) is 33.9 Å². The van der Waals surface area contributed by atoms with Crippen LogP contribution in [0.3, 0.4) is 0 Å². The van der Waals surface area contributed by atoms with Crippen LogP contribution in [0.15, 0.2) is 73.4 Å². The van der Waals surface area contributed by atoms with Gasteiger partial charge < -0.3 is 4.98 Å². The lowest BCUT2D eigenvalue weighted by atomic mass is 10.1. The van der Waals surface area contributed by atoms with Crippen LogP contribution < -0.4 is 0 Å². The molecular formula is C29H26N8. The van der Waals surface area contributed by atoms with Crippen molar-refractivity contribution in [3.05, 3.63) is 79.0 Å². The molecule has 6 aromatic heterocycles. The first kappa shape index (κ1) is 21.8. The van der Waals surface area contributed by atoms with E-state index in [1.54, 1.807) is 6.20 Å². The van der Waals surface area contributed by atoms with E-state index in [2.05, 4.69) is 47.2 Å². The van der Waals surface area contributed by atoms with Crippen molar-refractivity contribution < 1.29 is 0 Å². The minimum Gasteiger partial charge on any atom is -0.353 e. The Kier molecular flexibility index (Phi) is 5.44. The van der Waals surface area contributed by atoms with Crippen LogP contribution in [0.4, 0.5) is 0 Å². The predicted molar refractivity (Wildman–Crippen MR) is 145 cm³/mol. The summed E-state index contributed by atoms with van der Waals surface area (Å²) in [6, 6.07) is 14.3. The highest BCUT2D eigenvalue weighted by Crippen LogP contribution is 2.33. The number of nitrogens with zero attached hydrogens (tertiary/aromatic N) is 6. The molecule has 8 heteroatoms. The zero-order valence-corrected chi connectivity index (χ0v) is 20.4. The number of H-pyrrole nitrogens is 2. The smallest absolute Gasteiger partial charge is 0.135 e. The maximum Gasteiger partial charge on any atom is 0.135 e. The lowest BCUT2D eigenvalue weighted by Crippen LogP contribution is -2.29. The lowest BCUT2D eigenvalue weighted by Gasteiger charge is -2.26. The van der Waals surface area contributed by atoms with Crippen molar-refractivity contribution in [2.24, 2.45) is 0 Å². The molecule has 1 aliphatic heterocycles. The van der Waals surface area contributed by atoms with Crippen molar-refractivity contribution in [1.82, 2.24) is 40.0 Å². The molecule has 0 radical (unpaired) electrons. The fourth-order valence-corrected chi connectivity index (χ4v) is 5.25. The number of aromatic nitrogens is 7. The number of hydrogen-bond donors (Lipinski definition) is 2. The third-order valence-corrected chi connectivity index (χ3v) is 7.09. The van der Waals surface area contributed by atoms with Crippen LogP contribution in [0.25, 0.3) is 55.8 Å². The summed E-state index contributed by atoms with van der Waals surface area (Å²) >= 11 is 0. The van der Waals surface area contributed by atoms with Crippen LogP contribution in [-0.4, -0.2) is 53.1 Å². The Bertz CT molecular complexity index is 1700. The van der Waals surface area contributed by atoms with Crippen molar-refractivity contribution >= 4 is 21.9 Å². The van der Waals surface area contributed by atoms with Gasteiger partial charge in [-0.2, -0.15) is 5.10 Å². The highest BCUT2D eigenvalue weighted by Gasteiger charge is 2.17. The van der Waals surface area contributed by atoms with E-state index in [0.717, 1.165) is 75.5 Å². The molecule has 0 aromatic carbocycles. The van der Waals surface area contributed by atoms with Gasteiger partial charge in [0, 0.05) is 59.6 Å². The molecule has 0 saturated carbocycles. The molecule has 7 rings (SSSR count). The molecule has 0 aliphatic carbocycles. The molecule has 2 N–H and O–H groups in total. The zero-order chi connectivity index (χ0) is 24.6. The van der Waals surface area contributed by atoms with Gasteiger partial charge in [0.05, 0.1) is 22.6 Å². The molecular weight excluding hydrogens is 460 g/mol. The Morgan fingerprint density at radius 2 is 1.73 bits per heavy atom. The number of fused-ring (bicyclic) bond motifs is 2. The SMILES string of the molecule is c1cncc(-c2nccc3[nH]c(-c4n[nH]c5ccc(-c6cncc(CN7CCCCC7)c6)nc45)cc23)c1. The molecule has 0 unspecified atom stereocenters. The summed E-state index contributed by atoms with van der Waals surface area (Å²) in [5, 5.41) is 8.78. The highest BCUT2D eigenvalue weighted by molar-refractivity contribution is 5.99. The average Bonchev–Trinajstić information content (AvgIpc) is 3.58. The molecule has 6 aromatic rings. The summed E-state index contributed by atoms with van der Waals surface area (Å²) in [4.78, 5) is 24.5. The van der Waals surface area contributed by atoms with Gasteiger partial charge in [-0.3, -0.25) is 25.0 Å². The van der Waals surface area contributed by atoms with Crippen LogP contribution in [0, 0.1) is 0 Å². The van der Waals surface area contributed by atoms with Gasteiger partial charge in [-0.25, -0.2) is 4.98 Å². The van der Waals surface area contributed by atoms with E-state index in [4.69, 9.17) is 4.98 Å². The number of pyridine rings is 4. The minimum atomic E-state index is 0.780. The van der Waals surface area contributed by atoms with Crippen LogP contribution in [0.5, 0.6) is 0 Å². The molecule has 1 saturated heterocycles. The third kappa shape index (κ3) is 4.15. The summed E-state index contributed by atoms with van der Waals surface area (Å²) in [6.07, 6.45) is 13.2. The van der Waals surface area contributed by atoms with Crippen LogP contribution in [0.2, 0.25) is 0 Å². The predicted octanol–water partition coefficient (Wildman–Crippen LogP) is 5.61. The largest absolute Gasteiger partial charge is 0.353 e. The molecule has 1 aliphatic rings. The summed E-state index contributed by atoms with van der Waals surface area (Å²) in [5.74, 6) is 0. The van der Waals surface area contributed by atoms with E-state index < -0.39 is 0 Å². The van der Waals surface area contributed by atoms with Crippen molar-refractivity contribution in [1.29, 1.82) is 0 Å². The van der Waals surface area contributed by atoms with Crippen molar-refractivity contribution in [2.75, 3.05) is 13.1 Å². The molecule has 0 amide bonds. The number of likely N-dealkylation sites (tertiary alicyclic amines) is 1. The topological polar surface area (TPSA) is 99.3 Å². The van der Waals surface area contributed by atoms with Gasteiger partial charge in [-0.15, -0.1) is 0 Å². The maximum atomic E-state index is 5.03. The highest BCUT2D eigenvalue weighted by atomic mass is 15.1. The first-order valence-corrected chi connectivity index (χ1v) is 12.7. The van der Waals surface area contributed by atoms with Gasteiger partial charge in [-0.1, -0.05) is 6.42 Å². The van der Waals surface area contributed by atoms with E-state index in [1.807, 2.05) is 55.1 Å². The van der Waals surface area contributed by atoms with E-state index in [9.17, 15) is 0 Å². The Morgan fingerprint density at radius 3 is 2.62 bits per heavy atom. The van der Waals surface area contributed by atoms with Gasteiger partial charge in [0.1, 0.15) is 11.2 Å². The van der Waals surface area contributed by atoms with Crippen LogP contribution >= 0.6 is 0 Å². The Balaban J connectivity index is 1.26. The van der Waals surface area contributed by atoms with Crippen LogP contribution in [0.1, 0.15) is 24.8 Å². The lowest BCUT2D eigenvalue weighted by molar-refractivity contribution is 0.220. The van der Waals surface area contributed by atoms with Gasteiger partial charge in [-0.05, 0) is 74.0 Å². The summed E-state index contributed by atoms with van der Waals surface area (Å²) in [7, 11) is 0. The second-order valence-corrected chi connectivity index (χ2v) is 9.63. The number of piperidine rings is 1. The first-order chi connectivity index (χ1) is 18.3. The molecule has 0 atom stereocenters. The molecule has 0 spiro atoms. The van der Waals surface area contributed by atoms with E-state index in [1.165, 1.54) is 24.8 Å². The van der Waals surface area contributed by atoms with E-state index in [-0.39, 0.29) is 0 Å². The quantitative estimate of drug-likeness (QED) is 0.329. The molecule has 0 bridgehead atoms. The number of rotatable bonds is 5. The van der Waals surface area contributed by atoms with E-state index >= 15 is 0 Å². The summed E-state index contributed by atoms with van der Waals surface area (Å²) in [5.41, 5.74) is 9.36. The van der Waals surface area contributed by atoms with Crippen LogP contribution in [-0.2, 0) is 6.54 Å². The zero-order valence-electron chi connectivity index (χ0n) is 20.4. The minimum absolute atomic E-state index is 0.780. The van der Waals surface area contributed by atoms with Crippen molar-refractivity contribution in [3.63, 3.8) is 0 Å². The first-order valence-electron chi connectivity index (χ1n) is 12.7. The standard InChI is InChI=1S/C29H26N8/c1-2-11-37(12-3-1)18-19-13-21(17-31-15-19)23-6-7-25-28(34-23)29(36-35-25)26-14-22-24(33-26)8-10-32-27(22)20-5-4-9-30-16-20/h4-10,13-17,33H,1-3,11-12,18H2,(H,35,36). The molecule has 182 valence electrons. The summed E-state index contributed by atoms with van der Waals surface area (Å²) in [6.45, 7) is 3.26. The Hall–Kier alpha value is -4.43. The van der Waals surface area contributed by atoms with Gasteiger partial charge >= 0.3 is 0 Å². The molecule has 8 nitrogen and oxygen atoms in total. The second kappa shape index (κ2) is 9.22. The number of aromatic amines is 2. The second-order valence-electron chi connectivity index (χ2n) is 9.63. The average molecular weight is 487 g/mol. The number of hydrogen-bond acceptors (Lipinski definition) is 6. The van der Waals surface area contributed by atoms with Gasteiger partial charge in [0.25, 0.3) is 0 Å². The van der Waals surface area contributed by atoms with E-state index in [0.29, 0.717) is 0 Å². The van der Waals surface area contributed by atoms with Gasteiger partial charge in [0.2, 0.25) is 0 Å². The Labute approximate surface area is 213 Å². The summed E-state index contributed by atoms with van der Waals surface area (Å²) < 4.78 is 0. The number of nitrogens with one attached hydrogen (secondary N) is 2. The van der Waals surface area contributed by atoms with Crippen molar-refractivity contribution in [2.45, 2.75) is 25.8 Å². The monoisotopic (exact) mass is 486 g/mol. The Morgan fingerprint density at radius 1 is 0.811 bits per heavy atom. The van der Waals surface area contributed by atoms with Gasteiger partial charge in [0.15, 0.2) is 0 Å².